The van der Waals surface area contributed by atoms with Crippen LogP contribution in [0, 0.1) is 0 Å². The molecular weight excluding hydrogens is 208 g/mol. The van der Waals surface area contributed by atoms with Crippen molar-refractivity contribution in [2.24, 2.45) is 0 Å². The van der Waals surface area contributed by atoms with E-state index in [9.17, 15) is 0 Å². The first-order valence-corrected chi connectivity index (χ1v) is 6.10. The van der Waals surface area contributed by atoms with E-state index < -0.39 is 0 Å². The van der Waals surface area contributed by atoms with Gasteiger partial charge in [0.2, 0.25) is 0 Å². The van der Waals surface area contributed by atoms with Crippen molar-refractivity contribution in [3.63, 3.8) is 0 Å². The van der Waals surface area contributed by atoms with Crippen LogP contribution in [0.25, 0.3) is 0 Å². The molecule has 0 saturated heterocycles. The Balaban J connectivity index is 0.000000980. The van der Waals surface area contributed by atoms with E-state index in [1.807, 2.05) is 0 Å². The minimum absolute atomic E-state index is 0. The molecule has 0 aliphatic heterocycles. The van der Waals surface area contributed by atoms with Crippen molar-refractivity contribution in [3.05, 3.63) is 0 Å². The second kappa shape index (κ2) is 7.03. The molecule has 80 valence electrons. The quantitative estimate of drug-likeness (QED) is 0.657. The van der Waals surface area contributed by atoms with Gasteiger partial charge in [-0.25, -0.2) is 0 Å². The van der Waals surface area contributed by atoms with Crippen molar-refractivity contribution in [2.45, 2.75) is 76.4 Å². The monoisotopic (exact) mass is 230 g/mol. The zero-order valence-electron chi connectivity index (χ0n) is 9.13. The van der Waals surface area contributed by atoms with Crippen molar-refractivity contribution in [1.82, 2.24) is 0 Å². The molecule has 0 aromatic carbocycles. The molecule has 2 saturated carbocycles. The van der Waals surface area contributed by atoms with Gasteiger partial charge >= 0.3 is 0 Å². The fourth-order valence-electron chi connectivity index (χ4n) is 2.67. The normalized spacial score (nSPS) is 25.7. The van der Waals surface area contributed by atoms with Crippen LogP contribution >= 0.6 is 0 Å². The summed E-state index contributed by atoms with van der Waals surface area (Å²) in [5, 5.41) is 0. The van der Waals surface area contributed by atoms with Crippen LogP contribution in [-0.4, -0.2) is 12.2 Å². The Hall–Kier alpha value is 0.674. The maximum atomic E-state index is 6.13. The van der Waals surface area contributed by atoms with Gasteiger partial charge in [-0.15, -0.1) is 0 Å². The third-order valence-corrected chi connectivity index (χ3v) is 3.49. The summed E-state index contributed by atoms with van der Waals surface area (Å²) in [5.74, 6) is 0. The van der Waals surface area contributed by atoms with Crippen molar-refractivity contribution < 1.29 is 26.5 Å². The van der Waals surface area contributed by atoms with Crippen LogP contribution in [0.3, 0.4) is 0 Å². The molecule has 2 fully saturated rings. The zero-order valence-corrected chi connectivity index (χ0v) is 10.7. The smallest absolute Gasteiger partial charge is 0.0578 e. The van der Waals surface area contributed by atoms with Crippen LogP contribution in [0.15, 0.2) is 0 Å². The maximum absolute atomic E-state index is 6.13. The average molecular weight is 230 g/mol. The second-order valence-electron chi connectivity index (χ2n) is 4.66. The predicted octanol–water partition coefficient (Wildman–Crippen LogP) is 3.67. The second-order valence-corrected chi connectivity index (χ2v) is 4.66. The van der Waals surface area contributed by atoms with Crippen LogP contribution in [0.5, 0.6) is 0 Å². The molecule has 2 aliphatic carbocycles. The summed E-state index contributed by atoms with van der Waals surface area (Å²) in [4.78, 5) is 0. The average Bonchev–Trinajstić information content (AvgIpc) is 2.21. The van der Waals surface area contributed by atoms with Gasteiger partial charge in [0.25, 0.3) is 0 Å². The molecule has 0 aromatic heterocycles. The van der Waals surface area contributed by atoms with Gasteiger partial charge in [-0.1, -0.05) is 38.5 Å². The molecule has 0 amide bonds. The molecular formula is C12H22OTi. The molecule has 0 unspecified atom stereocenters. The molecule has 2 aliphatic rings. The molecule has 0 aromatic rings. The van der Waals surface area contributed by atoms with Crippen LogP contribution in [-0.2, 0) is 26.5 Å². The van der Waals surface area contributed by atoms with Gasteiger partial charge in [0.15, 0.2) is 0 Å². The molecule has 0 bridgehead atoms. The van der Waals surface area contributed by atoms with E-state index in [4.69, 9.17) is 4.74 Å². The summed E-state index contributed by atoms with van der Waals surface area (Å²) >= 11 is 0. The van der Waals surface area contributed by atoms with Gasteiger partial charge in [0.05, 0.1) is 12.2 Å². The van der Waals surface area contributed by atoms with Gasteiger partial charge in [-0.05, 0) is 25.7 Å². The predicted molar refractivity (Wildman–Crippen MR) is 54.8 cm³/mol. The Morgan fingerprint density at radius 3 is 1.29 bits per heavy atom. The molecule has 0 N–H and O–H groups in total. The molecule has 2 heteroatoms. The molecule has 2 rings (SSSR count). The first-order valence-electron chi connectivity index (χ1n) is 6.10. The standard InChI is InChI=1S/C12H22O.Ti/c1-3-7-11(8-4-1)13-12-9-5-2-6-10-12;/h11-12H,1-10H2;. The van der Waals surface area contributed by atoms with E-state index >= 15 is 0 Å². The van der Waals surface area contributed by atoms with E-state index in [1.54, 1.807) is 0 Å². The third kappa shape index (κ3) is 4.04. The summed E-state index contributed by atoms with van der Waals surface area (Å²) in [6, 6.07) is 0. The number of hydrogen-bond donors (Lipinski definition) is 0. The number of hydrogen-bond acceptors (Lipinski definition) is 1. The van der Waals surface area contributed by atoms with E-state index in [0.717, 1.165) is 0 Å². The summed E-state index contributed by atoms with van der Waals surface area (Å²) < 4.78 is 6.13. The third-order valence-electron chi connectivity index (χ3n) is 3.49. The molecule has 1 nitrogen and oxygen atoms in total. The van der Waals surface area contributed by atoms with Gasteiger partial charge in [0.1, 0.15) is 0 Å². The van der Waals surface area contributed by atoms with E-state index in [0.29, 0.717) is 12.2 Å². The Labute approximate surface area is 103 Å². The van der Waals surface area contributed by atoms with E-state index in [2.05, 4.69) is 0 Å². The van der Waals surface area contributed by atoms with Crippen LogP contribution in [0.2, 0.25) is 0 Å². The van der Waals surface area contributed by atoms with E-state index in [-0.39, 0.29) is 21.7 Å². The van der Waals surface area contributed by atoms with Crippen molar-refractivity contribution in [3.8, 4) is 0 Å². The maximum Gasteiger partial charge on any atom is 0.0578 e. The molecule has 0 radical (unpaired) electrons. The number of ether oxygens (including phenoxy) is 1. The molecule has 0 atom stereocenters. The van der Waals surface area contributed by atoms with Crippen molar-refractivity contribution in [2.75, 3.05) is 0 Å². The molecule has 0 heterocycles. The first kappa shape index (κ1) is 12.7. The Morgan fingerprint density at radius 2 is 0.929 bits per heavy atom. The first-order chi connectivity index (χ1) is 6.45. The minimum atomic E-state index is 0. The van der Waals surface area contributed by atoms with E-state index in [1.165, 1.54) is 64.2 Å². The van der Waals surface area contributed by atoms with Gasteiger partial charge in [0, 0.05) is 21.7 Å². The summed E-state index contributed by atoms with van der Waals surface area (Å²) in [7, 11) is 0. The fraction of sp³-hybridized carbons (Fsp3) is 1.00. The molecule has 14 heavy (non-hydrogen) atoms. The Bertz CT molecular complexity index is 121. The Kier molecular flexibility index (Phi) is 6.40. The SMILES string of the molecule is C1CCC(OC2CCCCC2)CC1.[Ti]. The topological polar surface area (TPSA) is 9.23 Å². The summed E-state index contributed by atoms with van der Waals surface area (Å²) in [5.41, 5.74) is 0. The molecule has 0 spiro atoms. The van der Waals surface area contributed by atoms with Crippen LogP contribution in [0.4, 0.5) is 0 Å². The fourth-order valence-corrected chi connectivity index (χ4v) is 2.67. The zero-order chi connectivity index (χ0) is 8.93. The largest absolute Gasteiger partial charge is 0.375 e. The van der Waals surface area contributed by atoms with Crippen molar-refractivity contribution in [1.29, 1.82) is 0 Å². The van der Waals surface area contributed by atoms with Gasteiger partial charge in [-0.3, -0.25) is 0 Å². The Morgan fingerprint density at radius 1 is 0.571 bits per heavy atom. The number of rotatable bonds is 2. The minimum Gasteiger partial charge on any atom is -0.375 e. The van der Waals surface area contributed by atoms with Gasteiger partial charge in [-0.2, -0.15) is 0 Å². The van der Waals surface area contributed by atoms with Gasteiger partial charge < -0.3 is 4.74 Å². The summed E-state index contributed by atoms with van der Waals surface area (Å²) in [6.45, 7) is 0. The van der Waals surface area contributed by atoms with Crippen LogP contribution < -0.4 is 0 Å². The summed E-state index contributed by atoms with van der Waals surface area (Å²) in [6.07, 6.45) is 15.0. The van der Waals surface area contributed by atoms with Crippen molar-refractivity contribution >= 4 is 0 Å². The van der Waals surface area contributed by atoms with Crippen LogP contribution in [0.1, 0.15) is 64.2 Å².